The summed E-state index contributed by atoms with van der Waals surface area (Å²) in [5.74, 6) is -0.313. The summed E-state index contributed by atoms with van der Waals surface area (Å²) in [6.07, 6.45) is 0. The molecule has 0 fully saturated rings. The Labute approximate surface area is 93.1 Å². The molecule has 0 aliphatic carbocycles. The highest BCUT2D eigenvalue weighted by Crippen LogP contribution is 2.13. The minimum Gasteiger partial charge on any atom is -0.455 e. The Kier molecular flexibility index (Phi) is 5.58. The average molecular weight is 213 g/mol. The molecule has 0 spiro atoms. The zero-order valence-corrected chi connectivity index (χ0v) is 10.6. The van der Waals surface area contributed by atoms with Gasteiger partial charge in [-0.3, -0.25) is 4.90 Å². The van der Waals surface area contributed by atoms with E-state index in [4.69, 9.17) is 4.74 Å². The Morgan fingerprint density at radius 1 is 1.33 bits per heavy atom. The van der Waals surface area contributed by atoms with Crippen LogP contribution in [0.1, 0.15) is 34.6 Å². The number of carbonyl (C=O) groups excluding carboxylic acids is 1. The average Bonchev–Trinajstić information content (AvgIpc) is 2.13. The zero-order valence-electron chi connectivity index (χ0n) is 10.6. The molecule has 0 bridgehead atoms. The van der Waals surface area contributed by atoms with Crippen LogP contribution in [0, 0.1) is 0 Å². The molecule has 0 saturated carbocycles. The fraction of sp³-hybridized carbons (Fsp3) is 0.750. The second kappa shape index (κ2) is 5.91. The van der Waals surface area contributed by atoms with E-state index in [9.17, 15) is 4.79 Å². The molecule has 0 heterocycles. The third-order valence-electron chi connectivity index (χ3n) is 2.22. The second-order valence-electron chi connectivity index (χ2n) is 4.39. The van der Waals surface area contributed by atoms with E-state index in [2.05, 4.69) is 25.3 Å². The lowest BCUT2D eigenvalue weighted by Gasteiger charge is -2.31. The molecule has 0 atom stereocenters. The van der Waals surface area contributed by atoms with Crippen LogP contribution in [-0.4, -0.2) is 36.1 Å². The van der Waals surface area contributed by atoms with Crippen LogP contribution in [0.25, 0.3) is 0 Å². The summed E-state index contributed by atoms with van der Waals surface area (Å²) in [5.41, 5.74) is -0.00942. The Bertz CT molecular complexity index is 230. The molecule has 0 aliphatic heterocycles. The van der Waals surface area contributed by atoms with Gasteiger partial charge in [0.15, 0.2) is 0 Å². The molecule has 88 valence electrons. The number of likely N-dealkylation sites (N-methyl/N-ethyl adjacent to an activating group) is 1. The van der Waals surface area contributed by atoms with Gasteiger partial charge in [0.25, 0.3) is 0 Å². The summed E-state index contributed by atoms with van der Waals surface area (Å²) in [5, 5.41) is 0. The van der Waals surface area contributed by atoms with Crippen LogP contribution in [0.3, 0.4) is 0 Å². The number of hydrogen-bond acceptors (Lipinski definition) is 3. The highest BCUT2D eigenvalue weighted by atomic mass is 16.6. The first-order valence-corrected chi connectivity index (χ1v) is 5.43. The minimum atomic E-state index is -0.456. The van der Waals surface area contributed by atoms with Crippen molar-refractivity contribution in [3.63, 3.8) is 0 Å². The SMILES string of the molecule is C=C(C)C(=O)OC(C)(C)CN(CC)CC. The lowest BCUT2D eigenvalue weighted by molar-refractivity contribution is -0.153. The molecule has 0 aromatic rings. The van der Waals surface area contributed by atoms with E-state index >= 15 is 0 Å². The van der Waals surface area contributed by atoms with Crippen LogP contribution in [0.4, 0.5) is 0 Å². The summed E-state index contributed by atoms with van der Waals surface area (Å²) in [6.45, 7) is 15.9. The van der Waals surface area contributed by atoms with Crippen LogP contribution in [0.15, 0.2) is 12.2 Å². The maximum atomic E-state index is 11.4. The molecule has 0 saturated heterocycles. The highest BCUT2D eigenvalue weighted by Gasteiger charge is 2.25. The van der Waals surface area contributed by atoms with E-state index in [0.717, 1.165) is 19.6 Å². The van der Waals surface area contributed by atoms with Gasteiger partial charge in [0, 0.05) is 12.1 Å². The van der Waals surface area contributed by atoms with Gasteiger partial charge >= 0.3 is 5.97 Å². The van der Waals surface area contributed by atoms with Gasteiger partial charge in [-0.2, -0.15) is 0 Å². The standard InChI is InChI=1S/C12H23NO2/c1-7-13(8-2)9-12(5,6)15-11(14)10(3)4/h3,7-9H2,1-2,4-6H3. The van der Waals surface area contributed by atoms with Crippen molar-refractivity contribution in [1.29, 1.82) is 0 Å². The molecular formula is C12H23NO2. The van der Waals surface area contributed by atoms with Crippen molar-refractivity contribution in [3.8, 4) is 0 Å². The minimum absolute atomic E-state index is 0.313. The first kappa shape index (κ1) is 14.2. The van der Waals surface area contributed by atoms with Crippen LogP contribution in [0.5, 0.6) is 0 Å². The summed E-state index contributed by atoms with van der Waals surface area (Å²) in [6, 6.07) is 0. The van der Waals surface area contributed by atoms with Gasteiger partial charge in [0.2, 0.25) is 0 Å². The Morgan fingerprint density at radius 3 is 2.13 bits per heavy atom. The molecular weight excluding hydrogens is 190 g/mol. The first-order chi connectivity index (χ1) is 6.82. The Balaban J connectivity index is 4.28. The quantitative estimate of drug-likeness (QED) is 0.500. The molecule has 3 heteroatoms. The van der Waals surface area contributed by atoms with Crippen LogP contribution >= 0.6 is 0 Å². The molecule has 15 heavy (non-hydrogen) atoms. The molecule has 0 aromatic carbocycles. The zero-order chi connectivity index (χ0) is 12.1. The molecule has 3 nitrogen and oxygen atoms in total. The van der Waals surface area contributed by atoms with Crippen LogP contribution in [-0.2, 0) is 9.53 Å². The Morgan fingerprint density at radius 2 is 1.80 bits per heavy atom. The third kappa shape index (κ3) is 5.57. The van der Waals surface area contributed by atoms with Gasteiger partial charge in [-0.05, 0) is 33.9 Å². The van der Waals surface area contributed by atoms with E-state index in [0.29, 0.717) is 5.57 Å². The van der Waals surface area contributed by atoms with Gasteiger partial charge in [0.05, 0.1) is 0 Å². The third-order valence-corrected chi connectivity index (χ3v) is 2.22. The molecule has 0 aromatic heterocycles. The summed E-state index contributed by atoms with van der Waals surface area (Å²) in [4.78, 5) is 13.6. The highest BCUT2D eigenvalue weighted by molar-refractivity contribution is 5.87. The Hall–Kier alpha value is -0.830. The van der Waals surface area contributed by atoms with Crippen molar-refractivity contribution in [1.82, 2.24) is 4.90 Å². The molecule has 0 N–H and O–H groups in total. The van der Waals surface area contributed by atoms with E-state index in [1.807, 2.05) is 13.8 Å². The fourth-order valence-corrected chi connectivity index (χ4v) is 1.36. The van der Waals surface area contributed by atoms with Crippen molar-refractivity contribution in [2.75, 3.05) is 19.6 Å². The largest absolute Gasteiger partial charge is 0.455 e. The normalized spacial score (nSPS) is 11.6. The topological polar surface area (TPSA) is 29.5 Å². The van der Waals surface area contributed by atoms with Crippen molar-refractivity contribution >= 4 is 5.97 Å². The van der Waals surface area contributed by atoms with Crippen molar-refractivity contribution < 1.29 is 9.53 Å². The van der Waals surface area contributed by atoms with E-state index in [1.165, 1.54) is 0 Å². The fourth-order valence-electron chi connectivity index (χ4n) is 1.36. The monoisotopic (exact) mass is 213 g/mol. The van der Waals surface area contributed by atoms with Gasteiger partial charge in [0.1, 0.15) is 5.60 Å². The smallest absolute Gasteiger partial charge is 0.333 e. The summed E-state index contributed by atoms with van der Waals surface area (Å²) in [7, 11) is 0. The number of nitrogens with zero attached hydrogens (tertiary/aromatic N) is 1. The maximum Gasteiger partial charge on any atom is 0.333 e. The lowest BCUT2D eigenvalue weighted by atomic mass is 10.1. The number of ether oxygens (including phenoxy) is 1. The van der Waals surface area contributed by atoms with Crippen LogP contribution < -0.4 is 0 Å². The number of esters is 1. The molecule has 0 aliphatic rings. The van der Waals surface area contributed by atoms with E-state index < -0.39 is 5.60 Å². The molecule has 0 amide bonds. The molecule has 0 rings (SSSR count). The maximum absolute atomic E-state index is 11.4. The predicted octanol–water partition coefficient (Wildman–Crippen LogP) is 2.23. The number of rotatable bonds is 6. The summed E-state index contributed by atoms with van der Waals surface area (Å²) < 4.78 is 5.35. The predicted molar refractivity (Wildman–Crippen MR) is 62.8 cm³/mol. The molecule has 0 unspecified atom stereocenters. The van der Waals surface area contributed by atoms with Crippen molar-refractivity contribution in [2.45, 2.75) is 40.2 Å². The van der Waals surface area contributed by atoms with Crippen molar-refractivity contribution in [2.24, 2.45) is 0 Å². The number of hydrogen-bond donors (Lipinski definition) is 0. The number of carbonyl (C=O) groups is 1. The first-order valence-electron chi connectivity index (χ1n) is 5.43. The van der Waals surface area contributed by atoms with Crippen LogP contribution in [0.2, 0.25) is 0 Å². The molecule has 0 radical (unpaired) electrons. The van der Waals surface area contributed by atoms with Crippen molar-refractivity contribution in [3.05, 3.63) is 12.2 Å². The second-order valence-corrected chi connectivity index (χ2v) is 4.39. The summed E-state index contributed by atoms with van der Waals surface area (Å²) >= 11 is 0. The lowest BCUT2D eigenvalue weighted by Crippen LogP contribution is -2.42. The van der Waals surface area contributed by atoms with Gasteiger partial charge in [-0.25, -0.2) is 4.79 Å². The van der Waals surface area contributed by atoms with E-state index in [1.54, 1.807) is 6.92 Å². The van der Waals surface area contributed by atoms with Gasteiger partial charge < -0.3 is 4.74 Å². The van der Waals surface area contributed by atoms with E-state index in [-0.39, 0.29) is 5.97 Å². The van der Waals surface area contributed by atoms with Gasteiger partial charge in [-0.15, -0.1) is 0 Å². The van der Waals surface area contributed by atoms with Gasteiger partial charge in [-0.1, -0.05) is 20.4 Å².